The number of rotatable bonds is 9. The monoisotopic (exact) mass is 655 g/mol. The molecule has 1 heterocycles. The van der Waals surface area contributed by atoms with Crippen molar-refractivity contribution in [2.75, 3.05) is 13.7 Å². The molecule has 6 atom stereocenters. The quantitative estimate of drug-likeness (QED) is 0.0931. The fourth-order valence-corrected chi connectivity index (χ4v) is 6.37. The molecular formula is C32H37N3O12. The molecular weight excluding hydrogens is 618 g/mol. The Labute approximate surface area is 268 Å². The molecule has 8 N–H and O–H groups in total. The molecule has 0 saturated carbocycles. The first-order chi connectivity index (χ1) is 22.2. The van der Waals surface area contributed by atoms with Crippen molar-refractivity contribution in [1.29, 1.82) is 0 Å². The Hall–Kier alpha value is -4.25. The Morgan fingerprint density at radius 3 is 2.47 bits per heavy atom. The Morgan fingerprint density at radius 2 is 1.83 bits per heavy atom. The number of fused-ring (bicyclic) bond motifs is 3. The molecule has 5 rings (SSSR count). The molecule has 0 bridgehead atoms. The predicted molar refractivity (Wildman–Crippen MR) is 162 cm³/mol. The maximum atomic E-state index is 13.9. The Bertz CT molecular complexity index is 1660. The number of carbonyl (C=O) groups is 4. The maximum Gasteiger partial charge on any atom is 0.240 e. The number of phenols is 2. The van der Waals surface area contributed by atoms with Crippen molar-refractivity contribution in [2.24, 2.45) is 10.8 Å². The Balaban J connectivity index is 1.63. The highest BCUT2D eigenvalue weighted by Crippen LogP contribution is 2.52. The van der Waals surface area contributed by atoms with E-state index in [-0.39, 0.29) is 58.8 Å². The summed E-state index contributed by atoms with van der Waals surface area (Å²) in [5.41, 5.74) is 4.33. The number of nitrogens with one attached hydrogen (secondary N) is 1. The lowest BCUT2D eigenvalue weighted by molar-refractivity contribution is -0.245. The zero-order valence-electron chi connectivity index (χ0n) is 26.0. The van der Waals surface area contributed by atoms with Gasteiger partial charge in [-0.3, -0.25) is 14.4 Å². The summed E-state index contributed by atoms with van der Waals surface area (Å²) in [7, 11) is 1.32. The fourth-order valence-electron chi connectivity index (χ4n) is 6.37. The number of aromatic hydroxyl groups is 2. The van der Waals surface area contributed by atoms with Crippen molar-refractivity contribution < 1.29 is 58.9 Å². The van der Waals surface area contributed by atoms with E-state index in [2.05, 4.69) is 10.5 Å². The minimum Gasteiger partial charge on any atom is -0.507 e. The van der Waals surface area contributed by atoms with Crippen LogP contribution < -0.4 is 15.9 Å². The SMILES string of the molecule is COc1cccc2c1C(=O)c1c(O)c3c(c(O)c1C2=O)C[C@@](O)(/C(CO)=N/NC(=O)CCC(C)=O)C[C@@H]3OC1CC(N)C(O)C(C)O1. The van der Waals surface area contributed by atoms with Gasteiger partial charge in [0.25, 0.3) is 0 Å². The summed E-state index contributed by atoms with van der Waals surface area (Å²) in [5, 5.41) is 59.8. The van der Waals surface area contributed by atoms with E-state index in [4.69, 9.17) is 19.9 Å². The first-order valence-electron chi connectivity index (χ1n) is 15.0. The lowest BCUT2D eigenvalue weighted by atomic mass is 9.71. The number of aliphatic hydroxyl groups excluding tert-OH is 2. The highest BCUT2D eigenvalue weighted by molar-refractivity contribution is 6.31. The van der Waals surface area contributed by atoms with E-state index in [1.165, 1.54) is 32.2 Å². The third-order valence-electron chi connectivity index (χ3n) is 8.85. The zero-order chi connectivity index (χ0) is 34.4. The van der Waals surface area contributed by atoms with Crippen LogP contribution in [0.4, 0.5) is 0 Å². The number of methoxy groups -OCH3 is 1. The summed E-state index contributed by atoms with van der Waals surface area (Å²) in [6, 6.07) is 3.58. The first kappa shape index (κ1) is 34.1. The number of phenolic OH excluding ortho intramolecular Hbond substituents is 2. The molecule has 0 aromatic heterocycles. The van der Waals surface area contributed by atoms with E-state index in [9.17, 15) is 44.7 Å². The molecule has 47 heavy (non-hydrogen) atoms. The number of hydrogen-bond acceptors (Lipinski definition) is 14. The highest BCUT2D eigenvalue weighted by Gasteiger charge is 2.49. The summed E-state index contributed by atoms with van der Waals surface area (Å²) < 4.78 is 17.3. The van der Waals surface area contributed by atoms with Gasteiger partial charge in [0.15, 0.2) is 12.1 Å². The summed E-state index contributed by atoms with van der Waals surface area (Å²) >= 11 is 0. The third kappa shape index (κ3) is 6.13. The lowest BCUT2D eigenvalue weighted by Crippen LogP contribution is -2.53. The molecule has 2 aromatic carbocycles. The summed E-state index contributed by atoms with van der Waals surface area (Å²) in [4.78, 5) is 51.2. The summed E-state index contributed by atoms with van der Waals surface area (Å²) in [6.45, 7) is 2.02. The molecule has 2 aromatic rings. The van der Waals surface area contributed by atoms with E-state index < -0.39 is 95.8 Å². The highest BCUT2D eigenvalue weighted by atomic mass is 16.7. The number of nitrogens with zero attached hydrogens (tertiary/aromatic N) is 1. The van der Waals surface area contributed by atoms with Crippen LogP contribution >= 0.6 is 0 Å². The van der Waals surface area contributed by atoms with Gasteiger partial charge in [0.2, 0.25) is 11.7 Å². The van der Waals surface area contributed by atoms with Gasteiger partial charge in [-0.1, -0.05) is 12.1 Å². The molecule has 1 amide bonds. The smallest absolute Gasteiger partial charge is 0.240 e. The fraction of sp³-hybridized carbons (Fsp3) is 0.469. The molecule has 252 valence electrons. The van der Waals surface area contributed by atoms with Gasteiger partial charge < -0.3 is 50.3 Å². The molecule has 2 aliphatic carbocycles. The average Bonchev–Trinajstić information content (AvgIpc) is 3.02. The van der Waals surface area contributed by atoms with Gasteiger partial charge in [-0.2, -0.15) is 5.10 Å². The molecule has 15 nitrogen and oxygen atoms in total. The van der Waals surface area contributed by atoms with Gasteiger partial charge in [-0.05, 0) is 19.9 Å². The van der Waals surface area contributed by atoms with E-state index in [0.29, 0.717) is 0 Å². The maximum absolute atomic E-state index is 13.9. The number of Topliss-reactive ketones (excluding diaryl/α,β-unsaturated/α-hetero) is 1. The topological polar surface area (TPSA) is 248 Å². The second-order valence-corrected chi connectivity index (χ2v) is 12.0. The van der Waals surface area contributed by atoms with Gasteiger partial charge in [-0.25, -0.2) is 5.43 Å². The third-order valence-corrected chi connectivity index (χ3v) is 8.85. The van der Waals surface area contributed by atoms with Crippen molar-refractivity contribution in [3.05, 3.63) is 51.6 Å². The van der Waals surface area contributed by atoms with Crippen LogP contribution in [0.15, 0.2) is 23.3 Å². The van der Waals surface area contributed by atoms with E-state index in [1.54, 1.807) is 6.92 Å². The van der Waals surface area contributed by atoms with E-state index >= 15 is 0 Å². The van der Waals surface area contributed by atoms with Gasteiger partial charge >= 0.3 is 0 Å². The van der Waals surface area contributed by atoms with Crippen molar-refractivity contribution in [1.82, 2.24) is 5.43 Å². The second-order valence-electron chi connectivity index (χ2n) is 12.0. The molecule has 0 radical (unpaired) electrons. The number of ether oxygens (including phenoxy) is 3. The van der Waals surface area contributed by atoms with Crippen LogP contribution in [0.2, 0.25) is 0 Å². The van der Waals surface area contributed by atoms with Crippen LogP contribution in [0.1, 0.15) is 88.6 Å². The van der Waals surface area contributed by atoms with Gasteiger partial charge in [0.05, 0.1) is 54.4 Å². The van der Waals surface area contributed by atoms with Crippen LogP contribution in [0.3, 0.4) is 0 Å². The van der Waals surface area contributed by atoms with Crippen LogP contribution in [0.25, 0.3) is 0 Å². The number of hydrogen-bond donors (Lipinski definition) is 7. The molecule has 1 fully saturated rings. The lowest BCUT2D eigenvalue weighted by Gasteiger charge is -2.43. The molecule has 1 aliphatic heterocycles. The van der Waals surface area contributed by atoms with Crippen LogP contribution in [0, 0.1) is 0 Å². The minimum atomic E-state index is -2.15. The van der Waals surface area contributed by atoms with Gasteiger partial charge in [-0.15, -0.1) is 0 Å². The van der Waals surface area contributed by atoms with E-state index in [0.717, 1.165) is 0 Å². The Morgan fingerprint density at radius 1 is 1.13 bits per heavy atom. The zero-order valence-corrected chi connectivity index (χ0v) is 26.0. The first-order valence-corrected chi connectivity index (χ1v) is 15.0. The van der Waals surface area contributed by atoms with Crippen molar-refractivity contribution in [2.45, 2.75) is 82.2 Å². The largest absolute Gasteiger partial charge is 0.507 e. The number of aliphatic hydroxyl groups is 3. The predicted octanol–water partition coefficient (Wildman–Crippen LogP) is 0.274. The average molecular weight is 656 g/mol. The standard InChI is InChI=1S/C32H37N3O12/c1-13(37)7-8-21(38)35-34-20(12-36)32(44)10-16-24(19(11-32)47-22-9-17(33)27(39)14(2)46-22)31(43)26-25(29(16)41)28(40)15-5-4-6-18(45-3)23(15)30(26)42/h4-6,14,17,19,22,27,36,39,41,43-44H,7-12,33H2,1-3H3,(H,35,38)/b34-20+/t14?,17?,19-,22?,27?,32-/m0/s1. The number of ketones is 3. The second kappa shape index (κ2) is 13.1. The molecule has 0 spiro atoms. The van der Waals surface area contributed by atoms with Crippen molar-refractivity contribution >= 4 is 29.0 Å². The van der Waals surface area contributed by atoms with Gasteiger partial charge in [0.1, 0.15) is 28.6 Å². The van der Waals surface area contributed by atoms with E-state index in [1.807, 2.05) is 0 Å². The number of benzene rings is 2. The van der Waals surface area contributed by atoms with Crippen LogP contribution in [0.5, 0.6) is 17.2 Å². The number of nitrogens with two attached hydrogens (primary N) is 1. The molecule has 15 heteroatoms. The molecule has 4 unspecified atom stereocenters. The van der Waals surface area contributed by atoms with Crippen LogP contribution in [-0.2, 0) is 25.5 Å². The number of amides is 1. The normalized spacial score (nSPS) is 27.0. The van der Waals surface area contributed by atoms with Crippen molar-refractivity contribution in [3.8, 4) is 17.2 Å². The number of hydrazone groups is 1. The number of carbonyl (C=O) groups excluding carboxylic acids is 4. The Kier molecular flexibility index (Phi) is 9.50. The summed E-state index contributed by atoms with van der Waals surface area (Å²) in [6.07, 6.45) is -5.48. The van der Waals surface area contributed by atoms with Crippen molar-refractivity contribution in [3.63, 3.8) is 0 Å². The van der Waals surface area contributed by atoms with Crippen LogP contribution in [-0.4, -0.2) is 98.4 Å². The summed E-state index contributed by atoms with van der Waals surface area (Å²) in [5.74, 6) is -3.77. The molecule has 1 saturated heterocycles. The van der Waals surface area contributed by atoms with Gasteiger partial charge in [0, 0.05) is 54.8 Å². The minimum absolute atomic E-state index is 0.0113. The molecule has 3 aliphatic rings.